The molecule has 64 valence electrons. The molecule has 0 aliphatic rings. The summed E-state index contributed by atoms with van der Waals surface area (Å²) in [6, 6.07) is 10.0. The first-order chi connectivity index (χ1) is 5.86. The summed E-state index contributed by atoms with van der Waals surface area (Å²) in [7, 11) is 0. The van der Waals surface area contributed by atoms with E-state index in [1.165, 1.54) is 0 Å². The number of aliphatic hydroxyl groups is 1. The molecule has 12 heavy (non-hydrogen) atoms. The molecule has 1 aromatic rings. The van der Waals surface area contributed by atoms with Gasteiger partial charge in [-0.1, -0.05) is 43.3 Å². The number of hydrogen-bond acceptors (Lipinski definition) is 1. The van der Waals surface area contributed by atoms with Gasteiger partial charge in [-0.3, -0.25) is 0 Å². The van der Waals surface area contributed by atoms with Crippen molar-refractivity contribution in [3.05, 3.63) is 41.5 Å². The van der Waals surface area contributed by atoms with Crippen LogP contribution in [0.5, 0.6) is 0 Å². The fourth-order valence-corrected chi connectivity index (χ4v) is 1.04. The summed E-state index contributed by atoms with van der Waals surface area (Å²) >= 11 is 0. The van der Waals surface area contributed by atoms with Gasteiger partial charge in [-0.2, -0.15) is 0 Å². The van der Waals surface area contributed by atoms with E-state index in [0.717, 1.165) is 17.6 Å². The van der Waals surface area contributed by atoms with Crippen LogP contribution in [-0.4, -0.2) is 11.7 Å². The Morgan fingerprint density at radius 2 is 2.00 bits per heavy atom. The molecule has 0 atom stereocenters. The van der Waals surface area contributed by atoms with Gasteiger partial charge in [0.15, 0.2) is 0 Å². The van der Waals surface area contributed by atoms with Crippen molar-refractivity contribution in [2.24, 2.45) is 0 Å². The highest BCUT2D eigenvalue weighted by molar-refractivity contribution is 5.52. The summed E-state index contributed by atoms with van der Waals surface area (Å²) in [5.74, 6) is 0. The fourth-order valence-electron chi connectivity index (χ4n) is 1.04. The fraction of sp³-hybridized carbons (Fsp3) is 0.273. The van der Waals surface area contributed by atoms with E-state index < -0.39 is 0 Å². The third kappa shape index (κ3) is 2.51. The van der Waals surface area contributed by atoms with E-state index in [1.54, 1.807) is 0 Å². The quantitative estimate of drug-likeness (QED) is 0.724. The zero-order valence-corrected chi connectivity index (χ0v) is 7.33. The van der Waals surface area contributed by atoms with Gasteiger partial charge in [0, 0.05) is 0 Å². The lowest BCUT2D eigenvalue weighted by Crippen LogP contribution is -1.87. The molecule has 0 aliphatic heterocycles. The molecular formula is C11H14O. The van der Waals surface area contributed by atoms with Gasteiger partial charge in [-0.25, -0.2) is 0 Å². The smallest absolute Gasteiger partial charge is 0.0644 e. The van der Waals surface area contributed by atoms with Crippen molar-refractivity contribution in [3.63, 3.8) is 0 Å². The van der Waals surface area contributed by atoms with E-state index in [0.29, 0.717) is 0 Å². The summed E-state index contributed by atoms with van der Waals surface area (Å²) < 4.78 is 0. The van der Waals surface area contributed by atoms with Crippen molar-refractivity contribution in [1.29, 1.82) is 0 Å². The summed E-state index contributed by atoms with van der Waals surface area (Å²) in [6.45, 7) is 2.20. The van der Waals surface area contributed by atoms with E-state index >= 15 is 0 Å². The third-order valence-electron chi connectivity index (χ3n) is 1.83. The number of aliphatic hydroxyl groups excluding tert-OH is 1. The maximum Gasteiger partial charge on any atom is 0.0644 e. The Morgan fingerprint density at radius 1 is 1.33 bits per heavy atom. The highest BCUT2D eigenvalue weighted by Crippen LogP contribution is 2.08. The number of benzene rings is 1. The molecule has 0 bridgehead atoms. The Morgan fingerprint density at radius 3 is 2.50 bits per heavy atom. The van der Waals surface area contributed by atoms with Crippen LogP contribution in [0.15, 0.2) is 35.9 Å². The van der Waals surface area contributed by atoms with Crippen molar-refractivity contribution in [2.45, 2.75) is 13.3 Å². The number of rotatable bonds is 3. The molecule has 1 rings (SSSR count). The lowest BCUT2D eigenvalue weighted by Gasteiger charge is -1.98. The predicted octanol–water partition coefficient (Wildman–Crippen LogP) is 2.47. The zero-order chi connectivity index (χ0) is 8.81. The topological polar surface area (TPSA) is 20.2 Å². The maximum atomic E-state index is 8.92. The Kier molecular flexibility index (Phi) is 3.55. The molecule has 1 N–H and O–H groups in total. The molecule has 0 fully saturated rings. The Bertz CT molecular complexity index is 243. The molecule has 0 unspecified atom stereocenters. The van der Waals surface area contributed by atoms with Crippen LogP contribution in [0.25, 0.3) is 6.08 Å². The Balaban J connectivity index is 2.79. The van der Waals surface area contributed by atoms with E-state index in [2.05, 4.69) is 0 Å². The summed E-state index contributed by atoms with van der Waals surface area (Å²) in [4.78, 5) is 0. The van der Waals surface area contributed by atoms with Crippen molar-refractivity contribution in [3.8, 4) is 0 Å². The van der Waals surface area contributed by atoms with Gasteiger partial charge in [0.1, 0.15) is 0 Å². The molecule has 0 radical (unpaired) electrons. The third-order valence-corrected chi connectivity index (χ3v) is 1.83. The number of hydrogen-bond donors (Lipinski definition) is 1. The Labute approximate surface area is 73.4 Å². The van der Waals surface area contributed by atoms with Gasteiger partial charge in [-0.15, -0.1) is 0 Å². The molecule has 0 saturated heterocycles. The average molecular weight is 162 g/mol. The minimum absolute atomic E-state index is 0.158. The monoisotopic (exact) mass is 162 g/mol. The predicted molar refractivity (Wildman–Crippen MR) is 51.8 cm³/mol. The summed E-state index contributed by atoms with van der Waals surface area (Å²) in [5, 5.41) is 8.92. The molecule has 1 heteroatoms. The first-order valence-corrected chi connectivity index (χ1v) is 4.22. The van der Waals surface area contributed by atoms with E-state index in [4.69, 9.17) is 5.11 Å². The average Bonchev–Trinajstić information content (AvgIpc) is 2.16. The van der Waals surface area contributed by atoms with Crippen LogP contribution in [0.2, 0.25) is 0 Å². The standard InChI is InChI=1S/C11H14O/c1-2-10(9-12)8-11-6-4-3-5-7-11/h3-8,12H,2,9H2,1H3/b10-8-. The van der Waals surface area contributed by atoms with Gasteiger partial charge >= 0.3 is 0 Å². The molecule has 0 spiro atoms. The minimum atomic E-state index is 0.158. The van der Waals surface area contributed by atoms with Crippen LogP contribution in [0.4, 0.5) is 0 Å². The molecule has 0 amide bonds. The first-order valence-electron chi connectivity index (χ1n) is 4.22. The molecule has 1 nitrogen and oxygen atoms in total. The van der Waals surface area contributed by atoms with Crippen molar-refractivity contribution in [2.75, 3.05) is 6.61 Å². The van der Waals surface area contributed by atoms with E-state index in [-0.39, 0.29) is 6.61 Å². The van der Waals surface area contributed by atoms with Gasteiger partial charge in [0.05, 0.1) is 6.61 Å². The molecular weight excluding hydrogens is 148 g/mol. The van der Waals surface area contributed by atoms with Crippen LogP contribution in [0.1, 0.15) is 18.9 Å². The van der Waals surface area contributed by atoms with Crippen LogP contribution >= 0.6 is 0 Å². The van der Waals surface area contributed by atoms with E-state index in [9.17, 15) is 0 Å². The van der Waals surface area contributed by atoms with E-state index in [1.807, 2.05) is 43.3 Å². The maximum absolute atomic E-state index is 8.92. The Hall–Kier alpha value is -1.08. The SMILES string of the molecule is CC/C(=C/c1ccccc1)CO. The van der Waals surface area contributed by atoms with Crippen LogP contribution in [-0.2, 0) is 0 Å². The van der Waals surface area contributed by atoms with Gasteiger partial charge < -0.3 is 5.11 Å². The molecule has 0 aliphatic carbocycles. The second kappa shape index (κ2) is 4.73. The second-order valence-electron chi connectivity index (χ2n) is 2.72. The molecule has 0 heterocycles. The lowest BCUT2D eigenvalue weighted by atomic mass is 10.1. The lowest BCUT2D eigenvalue weighted by molar-refractivity contribution is 0.329. The van der Waals surface area contributed by atoms with Gasteiger partial charge in [-0.05, 0) is 17.6 Å². The van der Waals surface area contributed by atoms with Crippen molar-refractivity contribution in [1.82, 2.24) is 0 Å². The minimum Gasteiger partial charge on any atom is -0.392 e. The first kappa shape index (κ1) is 9.01. The van der Waals surface area contributed by atoms with Gasteiger partial charge in [0.2, 0.25) is 0 Å². The van der Waals surface area contributed by atoms with Crippen molar-refractivity contribution >= 4 is 6.08 Å². The van der Waals surface area contributed by atoms with Gasteiger partial charge in [0.25, 0.3) is 0 Å². The van der Waals surface area contributed by atoms with Crippen LogP contribution in [0, 0.1) is 0 Å². The van der Waals surface area contributed by atoms with Crippen molar-refractivity contribution < 1.29 is 5.11 Å². The summed E-state index contributed by atoms with van der Waals surface area (Å²) in [5.41, 5.74) is 2.23. The molecule has 0 saturated carbocycles. The summed E-state index contributed by atoms with van der Waals surface area (Å²) in [6.07, 6.45) is 2.94. The zero-order valence-electron chi connectivity index (χ0n) is 7.33. The van der Waals surface area contributed by atoms with Crippen LogP contribution < -0.4 is 0 Å². The highest BCUT2D eigenvalue weighted by atomic mass is 16.3. The highest BCUT2D eigenvalue weighted by Gasteiger charge is 1.91. The molecule has 0 aromatic heterocycles. The molecule has 1 aromatic carbocycles. The van der Waals surface area contributed by atoms with Crippen LogP contribution in [0.3, 0.4) is 0 Å². The normalized spacial score (nSPS) is 11.7. The second-order valence-corrected chi connectivity index (χ2v) is 2.72. The largest absolute Gasteiger partial charge is 0.392 e.